The fourth-order valence-corrected chi connectivity index (χ4v) is 4.53. The van der Waals surface area contributed by atoms with E-state index < -0.39 is 0 Å². The van der Waals surface area contributed by atoms with Gasteiger partial charge >= 0.3 is 5.69 Å². The summed E-state index contributed by atoms with van der Waals surface area (Å²) in [5, 5.41) is 0. The van der Waals surface area contributed by atoms with Crippen LogP contribution in [0.2, 0.25) is 0 Å². The second-order valence-electron chi connectivity index (χ2n) is 7.54. The van der Waals surface area contributed by atoms with Crippen molar-refractivity contribution in [3.05, 3.63) is 56.2 Å². The summed E-state index contributed by atoms with van der Waals surface area (Å²) < 4.78 is 1.51. The average Bonchev–Trinajstić information content (AvgIpc) is 3.08. The zero-order chi connectivity index (χ0) is 16.9. The molecule has 2 aliphatic rings. The van der Waals surface area contributed by atoms with Crippen molar-refractivity contribution in [3.63, 3.8) is 0 Å². The van der Waals surface area contributed by atoms with Gasteiger partial charge in [0, 0.05) is 22.6 Å². The molecule has 0 spiro atoms. The Bertz CT molecular complexity index is 903. The number of rotatable bonds is 2. The van der Waals surface area contributed by atoms with Gasteiger partial charge in [-0.25, -0.2) is 4.79 Å². The van der Waals surface area contributed by atoms with Crippen molar-refractivity contribution in [1.82, 2.24) is 9.55 Å². The average molecular weight is 324 g/mol. The van der Waals surface area contributed by atoms with Crippen LogP contribution in [0.5, 0.6) is 0 Å². The highest BCUT2D eigenvalue weighted by Crippen LogP contribution is 2.42. The topological polar surface area (TPSA) is 54.9 Å². The number of hydrogen-bond acceptors (Lipinski definition) is 2. The molecule has 0 bridgehead atoms. The number of hydrogen-bond donors (Lipinski definition) is 1. The molecule has 1 aromatic heterocycles. The molecule has 4 nitrogen and oxygen atoms in total. The van der Waals surface area contributed by atoms with Gasteiger partial charge in [-0.15, -0.1) is 0 Å². The largest absolute Gasteiger partial charge is 0.329 e. The summed E-state index contributed by atoms with van der Waals surface area (Å²) in [5.74, 6) is 0. The molecule has 1 aromatic carbocycles. The minimum Gasteiger partial charge on any atom is -0.306 e. The number of benzene rings is 1. The minimum absolute atomic E-state index is 0.0600. The van der Waals surface area contributed by atoms with Gasteiger partial charge in [0.1, 0.15) is 0 Å². The quantitative estimate of drug-likeness (QED) is 0.918. The number of aromatic nitrogens is 2. The van der Waals surface area contributed by atoms with Gasteiger partial charge in [-0.3, -0.25) is 9.36 Å². The third-order valence-electron chi connectivity index (χ3n) is 6.07. The Labute approximate surface area is 141 Å². The molecular weight excluding hydrogens is 300 g/mol. The van der Waals surface area contributed by atoms with Gasteiger partial charge in [0.2, 0.25) is 0 Å². The van der Waals surface area contributed by atoms with Crippen molar-refractivity contribution >= 4 is 0 Å². The second-order valence-corrected chi connectivity index (χ2v) is 7.54. The highest BCUT2D eigenvalue weighted by Gasteiger charge is 2.38. The molecule has 24 heavy (non-hydrogen) atoms. The van der Waals surface area contributed by atoms with Crippen LogP contribution in [0.3, 0.4) is 0 Å². The van der Waals surface area contributed by atoms with Crippen LogP contribution in [-0.4, -0.2) is 9.55 Å². The fourth-order valence-electron chi connectivity index (χ4n) is 4.53. The Morgan fingerprint density at radius 1 is 1.21 bits per heavy atom. The van der Waals surface area contributed by atoms with E-state index in [1.54, 1.807) is 0 Å². The van der Waals surface area contributed by atoms with Crippen LogP contribution < -0.4 is 11.2 Å². The maximum atomic E-state index is 13.3. The van der Waals surface area contributed by atoms with E-state index in [0.717, 1.165) is 55.3 Å². The van der Waals surface area contributed by atoms with Gasteiger partial charge in [-0.2, -0.15) is 0 Å². The van der Waals surface area contributed by atoms with Crippen molar-refractivity contribution < 1.29 is 0 Å². The molecular formula is C20H24N2O2. The lowest BCUT2D eigenvalue weighted by molar-refractivity contribution is 0.415. The molecule has 0 aliphatic heterocycles. The molecule has 1 heterocycles. The fraction of sp³-hybridized carbons (Fsp3) is 0.500. The lowest BCUT2D eigenvalue weighted by atomic mass is 9.69. The molecule has 4 rings (SSSR count). The molecule has 4 heteroatoms. The first-order valence-corrected chi connectivity index (χ1v) is 9.03. The summed E-state index contributed by atoms with van der Waals surface area (Å²) in [5.41, 5.74) is 3.21. The Kier molecular flexibility index (Phi) is 3.52. The second kappa shape index (κ2) is 5.47. The molecule has 126 valence electrons. The van der Waals surface area contributed by atoms with E-state index in [2.05, 4.69) is 24.9 Å². The molecule has 1 saturated carbocycles. The molecule has 1 N–H and O–H groups in total. The normalized spacial score (nSPS) is 23.1. The molecule has 1 fully saturated rings. The van der Waals surface area contributed by atoms with E-state index in [1.807, 2.05) is 18.2 Å². The smallest absolute Gasteiger partial charge is 0.306 e. The molecule has 2 aliphatic carbocycles. The van der Waals surface area contributed by atoms with Gasteiger partial charge in [0.15, 0.2) is 0 Å². The van der Waals surface area contributed by atoms with Gasteiger partial charge < -0.3 is 4.98 Å². The van der Waals surface area contributed by atoms with Crippen molar-refractivity contribution in [2.24, 2.45) is 0 Å². The van der Waals surface area contributed by atoms with Crippen molar-refractivity contribution in [1.29, 1.82) is 0 Å². The zero-order valence-corrected chi connectivity index (χ0v) is 14.4. The van der Waals surface area contributed by atoms with Crippen LogP contribution in [-0.2, 0) is 11.8 Å². The standard InChI is InChI=1S/C20H24N2O2/c1-3-20(2)12-13-8-4-7-11-15(13)17-16(20)18(23)22(19(24)21-17)14-9-5-6-10-14/h4,7-8,11,14H,3,5-6,9-10,12H2,1-2H3,(H,21,24)/t20-/m0/s1. The summed E-state index contributed by atoms with van der Waals surface area (Å²) >= 11 is 0. The van der Waals surface area contributed by atoms with Crippen LogP contribution >= 0.6 is 0 Å². The lowest BCUT2D eigenvalue weighted by Crippen LogP contribution is -2.45. The third-order valence-corrected chi connectivity index (χ3v) is 6.07. The van der Waals surface area contributed by atoms with Crippen LogP contribution in [0.4, 0.5) is 0 Å². The first-order chi connectivity index (χ1) is 11.5. The summed E-state index contributed by atoms with van der Waals surface area (Å²) in [7, 11) is 0. The molecule has 1 atom stereocenters. The Morgan fingerprint density at radius 2 is 1.92 bits per heavy atom. The van der Waals surface area contributed by atoms with Crippen molar-refractivity contribution in [2.45, 2.75) is 63.8 Å². The summed E-state index contributed by atoms with van der Waals surface area (Å²) in [6, 6.07) is 8.17. The van der Waals surface area contributed by atoms with Crippen LogP contribution in [0.25, 0.3) is 11.3 Å². The summed E-state index contributed by atoms with van der Waals surface area (Å²) in [4.78, 5) is 29.1. The summed E-state index contributed by atoms with van der Waals surface area (Å²) in [6.45, 7) is 4.28. The molecule has 0 radical (unpaired) electrons. The number of H-pyrrole nitrogens is 1. The molecule has 0 amide bonds. The minimum atomic E-state index is -0.249. The van der Waals surface area contributed by atoms with Crippen molar-refractivity contribution in [2.75, 3.05) is 0 Å². The number of fused-ring (bicyclic) bond motifs is 3. The predicted octanol–water partition coefficient (Wildman–Crippen LogP) is 3.54. The Morgan fingerprint density at radius 3 is 2.62 bits per heavy atom. The molecule has 0 unspecified atom stereocenters. The van der Waals surface area contributed by atoms with Crippen molar-refractivity contribution in [3.8, 4) is 11.3 Å². The highest BCUT2D eigenvalue weighted by molar-refractivity contribution is 5.71. The van der Waals surface area contributed by atoms with E-state index in [-0.39, 0.29) is 22.7 Å². The number of nitrogens with zero attached hydrogens (tertiary/aromatic N) is 1. The molecule has 2 aromatic rings. The van der Waals surface area contributed by atoms with Crippen LogP contribution in [0, 0.1) is 0 Å². The monoisotopic (exact) mass is 324 g/mol. The Hall–Kier alpha value is -2.10. The SMILES string of the molecule is CC[C@@]1(C)Cc2ccccc2-c2[nH]c(=O)n(C3CCCC3)c(=O)c21. The highest BCUT2D eigenvalue weighted by atomic mass is 16.2. The van der Waals surface area contributed by atoms with E-state index in [9.17, 15) is 9.59 Å². The first kappa shape index (κ1) is 15.4. The third kappa shape index (κ3) is 2.12. The zero-order valence-electron chi connectivity index (χ0n) is 14.4. The van der Waals surface area contributed by atoms with E-state index in [1.165, 1.54) is 10.1 Å². The van der Waals surface area contributed by atoms with Crippen LogP contribution in [0.15, 0.2) is 33.9 Å². The van der Waals surface area contributed by atoms with E-state index in [0.29, 0.717) is 0 Å². The van der Waals surface area contributed by atoms with Gasteiger partial charge in [0.05, 0.1) is 5.69 Å². The first-order valence-electron chi connectivity index (χ1n) is 9.03. The maximum absolute atomic E-state index is 13.3. The Balaban J connectivity index is 2.04. The number of nitrogens with one attached hydrogen (secondary N) is 1. The summed E-state index contributed by atoms with van der Waals surface area (Å²) in [6.07, 6.45) is 5.78. The van der Waals surface area contributed by atoms with Gasteiger partial charge in [-0.05, 0) is 31.2 Å². The van der Waals surface area contributed by atoms with E-state index in [4.69, 9.17) is 0 Å². The van der Waals surface area contributed by atoms with Gasteiger partial charge in [-0.1, -0.05) is 51.0 Å². The number of aromatic amines is 1. The lowest BCUT2D eigenvalue weighted by Gasteiger charge is -2.36. The molecule has 0 saturated heterocycles. The van der Waals surface area contributed by atoms with Crippen LogP contribution in [0.1, 0.15) is 63.1 Å². The van der Waals surface area contributed by atoms with Gasteiger partial charge in [0.25, 0.3) is 5.56 Å². The maximum Gasteiger partial charge on any atom is 0.329 e. The predicted molar refractivity (Wildman–Crippen MR) is 95.6 cm³/mol. The van der Waals surface area contributed by atoms with E-state index >= 15 is 0 Å².